The van der Waals surface area contributed by atoms with E-state index in [0.29, 0.717) is 89.6 Å². The van der Waals surface area contributed by atoms with Crippen molar-refractivity contribution in [2.24, 2.45) is 0 Å². The van der Waals surface area contributed by atoms with Gasteiger partial charge in [-0.3, -0.25) is 14.4 Å². The SMILES string of the molecule is COc1ccc(C(CC(=O)NCCSCc2nc3cc(OC)c(OC)cc3c(=O)[nH]2)c2c(O)cc3c(c2O)C(=O)O[C@@H](C)CCCC(=O)CCC/C=C/3)cc1. The Balaban J connectivity index is 1.34. The maximum Gasteiger partial charge on any atom is 0.342 e. The number of H-pyrrole nitrogens is 1. The fraction of sp³-hybridized carbons (Fsp3) is 0.390. The van der Waals surface area contributed by atoms with Crippen LogP contribution in [-0.2, 0) is 20.1 Å². The molecular weight excluding hydrogens is 727 g/mol. The summed E-state index contributed by atoms with van der Waals surface area (Å²) < 4.78 is 21.7. The number of rotatable bonds is 12. The molecular formula is C41H47N3O10S. The lowest BCUT2D eigenvalue weighted by atomic mass is 9.84. The Morgan fingerprint density at radius 2 is 1.75 bits per heavy atom. The minimum absolute atomic E-state index is 0.0127. The fourth-order valence-corrected chi connectivity index (χ4v) is 7.23. The van der Waals surface area contributed by atoms with Crippen molar-refractivity contribution in [2.45, 2.75) is 69.6 Å². The Bertz CT molecular complexity index is 2100. The third kappa shape index (κ3) is 10.4. The zero-order valence-electron chi connectivity index (χ0n) is 31.4. The van der Waals surface area contributed by atoms with Gasteiger partial charge in [0, 0.05) is 49.1 Å². The number of Topliss-reactive ketones (excluding diaryl/α,β-unsaturated/α-hetero) is 1. The quantitative estimate of drug-likeness (QED) is 0.0917. The number of allylic oxidation sites excluding steroid dienone is 1. The smallest absolute Gasteiger partial charge is 0.342 e. The summed E-state index contributed by atoms with van der Waals surface area (Å²) >= 11 is 1.46. The molecule has 0 aliphatic carbocycles. The van der Waals surface area contributed by atoms with Crippen molar-refractivity contribution in [1.29, 1.82) is 0 Å². The number of fused-ring (bicyclic) bond motifs is 2. The summed E-state index contributed by atoms with van der Waals surface area (Å²) in [5.74, 6) is 0.192. The average molecular weight is 774 g/mol. The van der Waals surface area contributed by atoms with E-state index in [1.807, 2.05) is 0 Å². The second-order valence-electron chi connectivity index (χ2n) is 13.2. The molecule has 1 amide bonds. The lowest BCUT2D eigenvalue weighted by Gasteiger charge is -2.23. The summed E-state index contributed by atoms with van der Waals surface area (Å²) in [4.78, 5) is 59.5. The number of thioether (sulfide) groups is 1. The number of benzene rings is 3. The lowest BCUT2D eigenvalue weighted by molar-refractivity contribution is -0.121. The van der Waals surface area contributed by atoms with Gasteiger partial charge in [0.2, 0.25) is 5.91 Å². The van der Waals surface area contributed by atoms with Crippen molar-refractivity contribution in [3.8, 4) is 28.7 Å². The molecule has 14 heteroatoms. The van der Waals surface area contributed by atoms with Crippen LogP contribution >= 0.6 is 11.8 Å². The second-order valence-corrected chi connectivity index (χ2v) is 14.3. The highest BCUT2D eigenvalue weighted by Gasteiger charge is 2.31. The van der Waals surface area contributed by atoms with Crippen LogP contribution in [0, 0.1) is 0 Å². The number of ketones is 1. The molecule has 0 saturated carbocycles. The van der Waals surface area contributed by atoms with Crippen molar-refractivity contribution >= 4 is 46.4 Å². The molecule has 55 heavy (non-hydrogen) atoms. The standard InChI is InChI=1S/C41H47N3O10S/c1-24-9-8-12-27(45)11-7-5-6-10-26-19-32(46)38(39(48)37(26)41(50)54-24)29(25-13-15-28(51-2)16-14-25)21-36(47)42-17-18-55-23-35-43-31-22-34(53-4)33(52-3)20-30(31)40(49)44-35/h6,10,13-16,19-20,22,24,29,46,48H,5,7-9,11-12,17-18,21,23H2,1-4H3,(H,42,47)(H,43,44,49)/b10-6+/t24-,29?/m0/s1. The zero-order valence-corrected chi connectivity index (χ0v) is 32.3. The molecule has 5 rings (SSSR count). The highest BCUT2D eigenvalue weighted by Crippen LogP contribution is 2.44. The number of amides is 1. The molecule has 1 aliphatic heterocycles. The molecule has 292 valence electrons. The van der Waals surface area contributed by atoms with Gasteiger partial charge in [0.1, 0.15) is 34.4 Å². The predicted octanol–water partition coefficient (Wildman–Crippen LogP) is 6.41. The van der Waals surface area contributed by atoms with Gasteiger partial charge in [0.15, 0.2) is 11.5 Å². The van der Waals surface area contributed by atoms with Gasteiger partial charge in [-0.15, -0.1) is 0 Å². The molecule has 1 unspecified atom stereocenters. The molecule has 2 heterocycles. The molecule has 1 aromatic heterocycles. The summed E-state index contributed by atoms with van der Waals surface area (Å²) in [6.07, 6.45) is 5.83. The summed E-state index contributed by atoms with van der Waals surface area (Å²) in [6.45, 7) is 2.02. The van der Waals surface area contributed by atoms with Crippen molar-refractivity contribution in [3.05, 3.63) is 87.0 Å². The highest BCUT2D eigenvalue weighted by atomic mass is 32.2. The Morgan fingerprint density at radius 1 is 1.02 bits per heavy atom. The Labute approximate surface area is 323 Å². The third-order valence-electron chi connectivity index (χ3n) is 9.37. The summed E-state index contributed by atoms with van der Waals surface area (Å²) in [7, 11) is 4.53. The number of phenols is 2. The number of cyclic esters (lactones) is 1. The molecule has 3 aromatic carbocycles. The van der Waals surface area contributed by atoms with Gasteiger partial charge in [0.25, 0.3) is 5.56 Å². The number of phenolic OH excluding ortho intramolecular Hbond substituents is 2. The molecule has 0 spiro atoms. The first-order valence-electron chi connectivity index (χ1n) is 18.1. The van der Waals surface area contributed by atoms with Crippen LogP contribution in [0.3, 0.4) is 0 Å². The minimum Gasteiger partial charge on any atom is -0.507 e. The molecule has 2 atom stereocenters. The van der Waals surface area contributed by atoms with Crippen LogP contribution in [0.4, 0.5) is 0 Å². The first kappa shape index (κ1) is 40.7. The Hall–Kier alpha value is -5.50. The van der Waals surface area contributed by atoms with Crippen LogP contribution in [0.5, 0.6) is 28.7 Å². The van der Waals surface area contributed by atoms with E-state index in [4.69, 9.17) is 18.9 Å². The van der Waals surface area contributed by atoms with Gasteiger partial charge in [0.05, 0.1) is 44.1 Å². The number of aromatic amines is 1. The number of methoxy groups -OCH3 is 3. The molecule has 0 fully saturated rings. The van der Waals surface area contributed by atoms with E-state index in [1.165, 1.54) is 39.2 Å². The topological polar surface area (TPSA) is 186 Å². The van der Waals surface area contributed by atoms with E-state index >= 15 is 0 Å². The number of aromatic hydroxyl groups is 2. The van der Waals surface area contributed by atoms with Gasteiger partial charge in [-0.25, -0.2) is 9.78 Å². The largest absolute Gasteiger partial charge is 0.507 e. The predicted molar refractivity (Wildman–Crippen MR) is 210 cm³/mol. The molecule has 0 radical (unpaired) electrons. The van der Waals surface area contributed by atoms with Crippen LogP contribution in [0.2, 0.25) is 0 Å². The fourth-order valence-electron chi connectivity index (χ4n) is 6.51. The van der Waals surface area contributed by atoms with Crippen molar-refractivity contribution in [2.75, 3.05) is 33.6 Å². The first-order chi connectivity index (χ1) is 26.5. The van der Waals surface area contributed by atoms with Gasteiger partial charge >= 0.3 is 5.97 Å². The molecule has 0 bridgehead atoms. The van der Waals surface area contributed by atoms with Crippen LogP contribution < -0.4 is 25.1 Å². The number of hydrogen-bond acceptors (Lipinski definition) is 12. The second kappa shape index (κ2) is 19.2. The van der Waals surface area contributed by atoms with E-state index < -0.39 is 23.7 Å². The normalized spacial score (nSPS) is 16.3. The number of ether oxygens (including phenoxy) is 4. The number of carbonyl (C=O) groups is 3. The number of carbonyl (C=O) groups excluding carboxylic acids is 3. The number of aromatic nitrogens is 2. The number of nitrogens with one attached hydrogen (secondary N) is 2. The van der Waals surface area contributed by atoms with Gasteiger partial charge in [-0.05, 0) is 68.0 Å². The molecule has 4 aromatic rings. The summed E-state index contributed by atoms with van der Waals surface area (Å²) in [5, 5.41) is 26.5. The maximum absolute atomic E-state index is 13.6. The van der Waals surface area contributed by atoms with Gasteiger partial charge in [-0.1, -0.05) is 24.3 Å². The van der Waals surface area contributed by atoms with E-state index in [0.717, 1.165) is 0 Å². The zero-order chi connectivity index (χ0) is 39.5. The lowest BCUT2D eigenvalue weighted by Crippen LogP contribution is -2.27. The number of hydrogen-bond donors (Lipinski definition) is 4. The van der Waals surface area contributed by atoms with E-state index in [-0.39, 0.29) is 52.7 Å². The summed E-state index contributed by atoms with van der Waals surface area (Å²) in [5.41, 5.74) is 0.915. The van der Waals surface area contributed by atoms with E-state index in [9.17, 15) is 29.4 Å². The molecule has 1 aliphatic rings. The van der Waals surface area contributed by atoms with Crippen molar-refractivity contribution in [3.63, 3.8) is 0 Å². The Morgan fingerprint density at radius 3 is 2.47 bits per heavy atom. The van der Waals surface area contributed by atoms with Crippen molar-refractivity contribution < 1.29 is 43.5 Å². The van der Waals surface area contributed by atoms with Gasteiger partial charge < -0.3 is 39.5 Å². The third-order valence-corrected chi connectivity index (χ3v) is 10.3. The number of esters is 1. The van der Waals surface area contributed by atoms with E-state index in [2.05, 4.69) is 15.3 Å². The van der Waals surface area contributed by atoms with Crippen molar-refractivity contribution in [1.82, 2.24) is 15.3 Å². The Kier molecular flexibility index (Phi) is 14.2. The van der Waals surface area contributed by atoms with Crippen LogP contribution in [-0.4, -0.2) is 77.6 Å². The molecule has 4 N–H and O–H groups in total. The van der Waals surface area contributed by atoms with Crippen LogP contribution in [0.25, 0.3) is 17.0 Å². The first-order valence-corrected chi connectivity index (χ1v) is 19.3. The maximum atomic E-state index is 13.6. The molecule has 0 saturated heterocycles. The van der Waals surface area contributed by atoms with Gasteiger partial charge in [-0.2, -0.15) is 11.8 Å². The minimum atomic E-state index is -0.861. The summed E-state index contributed by atoms with van der Waals surface area (Å²) in [6, 6.07) is 11.5. The van der Waals surface area contributed by atoms with E-state index in [1.54, 1.807) is 55.5 Å². The monoisotopic (exact) mass is 773 g/mol. The number of nitrogens with zero attached hydrogens (tertiary/aromatic N) is 1. The molecule has 13 nitrogen and oxygen atoms in total. The average Bonchev–Trinajstić information content (AvgIpc) is 3.16. The van der Waals surface area contributed by atoms with Crippen LogP contribution in [0.1, 0.15) is 90.7 Å². The van der Waals surface area contributed by atoms with Crippen LogP contribution in [0.15, 0.2) is 53.3 Å². The highest BCUT2D eigenvalue weighted by molar-refractivity contribution is 7.98.